The number of hydrogen-bond donors (Lipinski definition) is 2. The molecule has 1 saturated carbocycles. The molecule has 3 heterocycles. The average molecular weight is 458 g/mol. The highest BCUT2D eigenvalue weighted by Gasteiger charge is 2.34. The van der Waals surface area contributed by atoms with Gasteiger partial charge in [-0.15, -0.1) is 0 Å². The fourth-order valence-electron chi connectivity index (χ4n) is 6.61. The molecule has 176 valence electrons. The zero-order chi connectivity index (χ0) is 23.4. The molecule has 34 heavy (non-hydrogen) atoms. The van der Waals surface area contributed by atoms with Crippen molar-refractivity contribution in [2.24, 2.45) is 0 Å². The fourth-order valence-corrected chi connectivity index (χ4v) is 6.61. The number of rotatable bonds is 3. The third kappa shape index (κ3) is 3.30. The first kappa shape index (κ1) is 21.3. The predicted molar refractivity (Wildman–Crippen MR) is 134 cm³/mol. The van der Waals surface area contributed by atoms with E-state index in [1.165, 1.54) is 65.6 Å². The maximum atomic E-state index is 11.9. The van der Waals surface area contributed by atoms with Crippen LogP contribution < -0.4 is 10.2 Å². The van der Waals surface area contributed by atoms with Crippen LogP contribution in [0, 0.1) is 0 Å². The molecule has 2 aromatic carbocycles. The molecule has 0 saturated heterocycles. The fraction of sp³-hybridized carbons (Fsp3) is 0.429. The number of hydrogen-bond acceptors (Lipinski definition) is 3. The van der Waals surface area contributed by atoms with E-state index >= 15 is 0 Å². The number of aromatic carboxylic acids is 1. The summed E-state index contributed by atoms with van der Waals surface area (Å²) in [6.07, 6.45) is 7.03. The topological polar surface area (TPSA) is 74.6 Å². The van der Waals surface area contributed by atoms with Gasteiger partial charge in [-0.05, 0) is 48.4 Å². The van der Waals surface area contributed by atoms with Gasteiger partial charge in [0.15, 0.2) is 0 Å². The summed E-state index contributed by atoms with van der Waals surface area (Å²) in [7, 11) is 0. The first-order chi connectivity index (χ1) is 16.5. The summed E-state index contributed by atoms with van der Waals surface area (Å²) in [5.41, 5.74) is 7.68. The van der Waals surface area contributed by atoms with Crippen molar-refractivity contribution in [2.45, 2.75) is 64.0 Å². The minimum Gasteiger partial charge on any atom is -0.478 e. The van der Waals surface area contributed by atoms with Crippen LogP contribution in [0.15, 0.2) is 36.4 Å². The molecule has 1 amide bonds. The van der Waals surface area contributed by atoms with Crippen LogP contribution in [0.1, 0.15) is 78.9 Å². The maximum absolute atomic E-state index is 11.9. The first-order valence-electron chi connectivity index (χ1n) is 12.6. The second-order valence-corrected chi connectivity index (χ2v) is 10.1. The molecule has 1 aliphatic carbocycles. The van der Waals surface area contributed by atoms with Gasteiger partial charge >= 0.3 is 5.97 Å². The predicted octanol–water partition coefficient (Wildman–Crippen LogP) is 5.46. The van der Waals surface area contributed by atoms with Crippen LogP contribution in [-0.4, -0.2) is 34.6 Å². The number of nitrogens with zero attached hydrogens (tertiary/aromatic N) is 2. The molecule has 6 nitrogen and oxygen atoms in total. The van der Waals surface area contributed by atoms with E-state index in [0.29, 0.717) is 11.5 Å². The number of carbonyl (C=O) groups excluding carboxylic acids is 1. The van der Waals surface area contributed by atoms with E-state index < -0.39 is 5.97 Å². The molecule has 1 fully saturated rings. The van der Waals surface area contributed by atoms with Gasteiger partial charge in [-0.3, -0.25) is 4.79 Å². The number of carboxylic acid groups (broad SMARTS) is 1. The Labute approximate surface area is 199 Å². The van der Waals surface area contributed by atoms with Gasteiger partial charge in [-0.2, -0.15) is 0 Å². The van der Waals surface area contributed by atoms with Crippen LogP contribution >= 0.6 is 0 Å². The smallest absolute Gasteiger partial charge is 0.335 e. The van der Waals surface area contributed by atoms with Gasteiger partial charge in [0.05, 0.1) is 23.0 Å². The molecular formula is C28H31N3O3. The first-order valence-corrected chi connectivity index (χ1v) is 12.6. The minimum absolute atomic E-state index is 0.00267. The third-order valence-electron chi connectivity index (χ3n) is 8.04. The molecule has 6 heteroatoms. The lowest BCUT2D eigenvalue weighted by Crippen LogP contribution is -2.38. The highest BCUT2D eigenvalue weighted by atomic mass is 16.4. The molecule has 3 aliphatic rings. The van der Waals surface area contributed by atoms with Gasteiger partial charge in [-0.25, -0.2) is 4.79 Å². The molecule has 1 atom stereocenters. The van der Waals surface area contributed by atoms with Crippen LogP contribution in [0.2, 0.25) is 0 Å². The summed E-state index contributed by atoms with van der Waals surface area (Å²) in [5.74, 6) is -0.395. The number of anilines is 1. The Morgan fingerprint density at radius 3 is 2.59 bits per heavy atom. The van der Waals surface area contributed by atoms with Crippen molar-refractivity contribution in [3.63, 3.8) is 0 Å². The van der Waals surface area contributed by atoms with E-state index in [9.17, 15) is 14.7 Å². The quantitative estimate of drug-likeness (QED) is 0.548. The highest BCUT2D eigenvalue weighted by Crippen LogP contribution is 2.50. The summed E-state index contributed by atoms with van der Waals surface area (Å²) in [5, 5.41) is 14.1. The Bertz CT molecular complexity index is 1300. The minimum atomic E-state index is -0.884. The van der Waals surface area contributed by atoms with E-state index in [2.05, 4.69) is 33.0 Å². The Morgan fingerprint density at radius 2 is 1.82 bits per heavy atom. The number of nitrogens with one attached hydrogen (secondary N) is 1. The van der Waals surface area contributed by atoms with Crippen LogP contribution in [0.4, 0.5) is 5.69 Å². The number of benzene rings is 2. The molecule has 2 N–H and O–H groups in total. The molecule has 1 aromatic heterocycles. The van der Waals surface area contributed by atoms with Crippen LogP contribution in [0.25, 0.3) is 22.2 Å². The van der Waals surface area contributed by atoms with Crippen molar-refractivity contribution in [1.29, 1.82) is 0 Å². The van der Waals surface area contributed by atoms with Crippen molar-refractivity contribution < 1.29 is 14.7 Å². The van der Waals surface area contributed by atoms with E-state index in [-0.39, 0.29) is 11.9 Å². The lowest BCUT2D eigenvalue weighted by Gasteiger charge is -2.36. The Morgan fingerprint density at radius 1 is 1.00 bits per heavy atom. The van der Waals surface area contributed by atoms with Crippen LogP contribution in [0.5, 0.6) is 0 Å². The van der Waals surface area contributed by atoms with Crippen LogP contribution in [-0.2, 0) is 11.3 Å². The molecule has 0 radical (unpaired) electrons. The summed E-state index contributed by atoms with van der Waals surface area (Å²) >= 11 is 0. The van der Waals surface area contributed by atoms with E-state index in [1.807, 2.05) is 12.1 Å². The van der Waals surface area contributed by atoms with Gasteiger partial charge in [0, 0.05) is 43.0 Å². The van der Waals surface area contributed by atoms with E-state index in [0.717, 1.165) is 31.6 Å². The number of carbonyl (C=O) groups is 2. The van der Waals surface area contributed by atoms with Crippen molar-refractivity contribution in [1.82, 2.24) is 9.88 Å². The lowest BCUT2D eigenvalue weighted by molar-refractivity contribution is -0.119. The molecular weight excluding hydrogens is 426 g/mol. The maximum Gasteiger partial charge on any atom is 0.335 e. The number of amides is 1. The Balaban J connectivity index is 1.63. The van der Waals surface area contributed by atoms with Crippen molar-refractivity contribution in [2.75, 3.05) is 18.0 Å². The van der Waals surface area contributed by atoms with Gasteiger partial charge in [0.2, 0.25) is 5.91 Å². The normalized spacial score (nSPS) is 19.9. The second-order valence-electron chi connectivity index (χ2n) is 10.1. The average Bonchev–Trinajstić information content (AvgIpc) is 3.07. The number of fused-ring (bicyclic) bond motifs is 4. The SMILES string of the molecule is CC(=O)N[C@@H]1CCN2CCn3c(c(C4CCCCC4)c4ccc(C(=O)O)cc43)-c3cccc1c32. The summed E-state index contributed by atoms with van der Waals surface area (Å²) in [6, 6.07) is 12.2. The summed E-state index contributed by atoms with van der Waals surface area (Å²) in [4.78, 5) is 26.2. The summed E-state index contributed by atoms with van der Waals surface area (Å²) in [6.45, 7) is 4.18. The van der Waals surface area contributed by atoms with Crippen molar-refractivity contribution >= 4 is 28.5 Å². The summed E-state index contributed by atoms with van der Waals surface area (Å²) < 4.78 is 2.38. The van der Waals surface area contributed by atoms with Gasteiger partial charge in [0.25, 0.3) is 0 Å². The second kappa shape index (κ2) is 8.19. The highest BCUT2D eigenvalue weighted by molar-refractivity contribution is 6.00. The van der Waals surface area contributed by atoms with E-state index in [1.54, 1.807) is 13.0 Å². The zero-order valence-corrected chi connectivity index (χ0v) is 19.6. The Kier molecular flexibility index (Phi) is 5.12. The standard InChI is InChI=1S/C28H31N3O3/c1-17(32)29-23-12-13-30-14-15-31-24-16-19(28(33)34)10-11-21(24)25(18-6-3-2-4-7-18)27(31)22-9-5-8-20(23)26(22)30/h5,8-11,16,18,23H,2-4,6-7,12-15H2,1H3,(H,29,32)(H,33,34)/t23-/m1/s1. The van der Waals surface area contributed by atoms with Gasteiger partial charge in [-0.1, -0.05) is 43.5 Å². The van der Waals surface area contributed by atoms with E-state index in [4.69, 9.17) is 0 Å². The third-order valence-corrected chi connectivity index (χ3v) is 8.04. The molecule has 6 rings (SSSR count). The van der Waals surface area contributed by atoms with Gasteiger partial charge < -0.3 is 19.9 Å². The van der Waals surface area contributed by atoms with Crippen molar-refractivity contribution in [3.05, 3.63) is 53.1 Å². The number of para-hydroxylation sites is 1. The molecule has 0 spiro atoms. The molecule has 2 aliphatic heterocycles. The van der Waals surface area contributed by atoms with Gasteiger partial charge in [0.1, 0.15) is 0 Å². The zero-order valence-electron chi connectivity index (χ0n) is 19.6. The molecule has 0 unspecified atom stereocenters. The van der Waals surface area contributed by atoms with Crippen molar-refractivity contribution in [3.8, 4) is 11.3 Å². The number of aromatic nitrogens is 1. The van der Waals surface area contributed by atoms with Crippen LogP contribution in [0.3, 0.4) is 0 Å². The molecule has 0 bridgehead atoms. The Hall–Kier alpha value is -3.28. The molecule has 3 aromatic rings. The largest absolute Gasteiger partial charge is 0.478 e. The number of carboxylic acids is 1. The monoisotopic (exact) mass is 457 g/mol. The lowest BCUT2D eigenvalue weighted by atomic mass is 9.81.